The lowest BCUT2D eigenvalue weighted by Crippen LogP contribution is -2.27. The van der Waals surface area contributed by atoms with Gasteiger partial charge in [0.15, 0.2) is 0 Å². The van der Waals surface area contributed by atoms with Crippen LogP contribution in [0.5, 0.6) is 0 Å². The minimum absolute atomic E-state index is 0.100. The van der Waals surface area contributed by atoms with Crippen LogP contribution < -0.4 is 10.2 Å². The highest BCUT2D eigenvalue weighted by atomic mass is 16.1. The van der Waals surface area contributed by atoms with Gasteiger partial charge in [-0.05, 0) is 50.1 Å². The zero-order valence-corrected chi connectivity index (χ0v) is 15.6. The molecule has 0 aliphatic rings. The van der Waals surface area contributed by atoms with Gasteiger partial charge in [-0.3, -0.25) is 4.79 Å². The van der Waals surface area contributed by atoms with Crippen molar-refractivity contribution < 1.29 is 4.79 Å². The Bertz CT molecular complexity index is 784. The molecule has 0 spiro atoms. The van der Waals surface area contributed by atoms with Crippen molar-refractivity contribution in [1.29, 1.82) is 5.26 Å². The molecular formula is C22H25N3O. The molecule has 0 heterocycles. The lowest BCUT2D eigenvalue weighted by atomic mass is 10.1. The molecule has 1 amide bonds. The second-order valence-corrected chi connectivity index (χ2v) is 6.04. The number of carbonyl (C=O) groups excluding carboxylic acids is 1. The molecule has 0 fully saturated rings. The summed E-state index contributed by atoms with van der Waals surface area (Å²) in [6, 6.07) is 19.4. The molecule has 2 aromatic rings. The number of rotatable bonds is 7. The summed E-state index contributed by atoms with van der Waals surface area (Å²) in [5.41, 5.74) is 3.07. The number of nitriles is 1. The quantitative estimate of drug-likeness (QED) is 0.599. The van der Waals surface area contributed by atoms with Gasteiger partial charge < -0.3 is 10.2 Å². The van der Waals surface area contributed by atoms with E-state index < -0.39 is 0 Å². The number of nitrogens with one attached hydrogen (secondary N) is 1. The zero-order chi connectivity index (χ0) is 18.9. The molecule has 0 aliphatic carbocycles. The van der Waals surface area contributed by atoms with Gasteiger partial charge in [0.2, 0.25) is 0 Å². The first-order chi connectivity index (χ1) is 12.6. The Hall–Kier alpha value is -3.06. The standard InChI is InChI=1S/C22H25N3O/c1-4-25(5-2)21-13-11-18(12-14-21)15-20(16-23)22(26)24-17(3)19-9-7-6-8-10-19/h6-15,17H,4-5H2,1-3H3,(H,24,26)/b20-15-/t17-/m0/s1. The number of amides is 1. The molecule has 26 heavy (non-hydrogen) atoms. The highest BCUT2D eigenvalue weighted by Crippen LogP contribution is 2.17. The number of anilines is 1. The summed E-state index contributed by atoms with van der Waals surface area (Å²) >= 11 is 0. The molecule has 0 saturated heterocycles. The predicted molar refractivity (Wildman–Crippen MR) is 107 cm³/mol. The number of benzene rings is 2. The summed E-state index contributed by atoms with van der Waals surface area (Å²) in [6.07, 6.45) is 1.62. The SMILES string of the molecule is CCN(CC)c1ccc(/C=C(/C#N)C(=O)N[C@@H](C)c2ccccc2)cc1. The van der Waals surface area contributed by atoms with Gasteiger partial charge in [0.05, 0.1) is 6.04 Å². The summed E-state index contributed by atoms with van der Waals surface area (Å²) in [5, 5.41) is 12.3. The average molecular weight is 347 g/mol. The van der Waals surface area contributed by atoms with E-state index in [0.717, 1.165) is 29.9 Å². The Morgan fingerprint density at radius 2 is 1.73 bits per heavy atom. The van der Waals surface area contributed by atoms with E-state index in [-0.39, 0.29) is 17.5 Å². The van der Waals surface area contributed by atoms with E-state index in [4.69, 9.17) is 0 Å². The van der Waals surface area contributed by atoms with Crippen LogP contribution in [-0.2, 0) is 4.79 Å². The van der Waals surface area contributed by atoms with Crippen molar-refractivity contribution in [3.63, 3.8) is 0 Å². The summed E-state index contributed by atoms with van der Waals surface area (Å²) < 4.78 is 0. The van der Waals surface area contributed by atoms with Gasteiger partial charge in [-0.1, -0.05) is 42.5 Å². The van der Waals surface area contributed by atoms with Crippen molar-refractivity contribution in [2.24, 2.45) is 0 Å². The Labute approximate surface area is 155 Å². The fourth-order valence-corrected chi connectivity index (χ4v) is 2.78. The summed E-state index contributed by atoms with van der Waals surface area (Å²) in [4.78, 5) is 14.7. The van der Waals surface area contributed by atoms with Crippen molar-refractivity contribution in [2.75, 3.05) is 18.0 Å². The van der Waals surface area contributed by atoms with Crippen LogP contribution in [0.4, 0.5) is 5.69 Å². The minimum Gasteiger partial charge on any atom is -0.372 e. The molecule has 1 N–H and O–H groups in total. The summed E-state index contributed by atoms with van der Waals surface area (Å²) in [7, 11) is 0. The van der Waals surface area contributed by atoms with E-state index in [9.17, 15) is 10.1 Å². The third-order valence-corrected chi connectivity index (χ3v) is 4.34. The Balaban J connectivity index is 2.11. The molecule has 4 nitrogen and oxygen atoms in total. The third kappa shape index (κ3) is 4.97. The van der Waals surface area contributed by atoms with E-state index in [1.165, 1.54) is 0 Å². The number of nitrogens with zero attached hydrogens (tertiary/aromatic N) is 2. The fraction of sp³-hybridized carbons (Fsp3) is 0.273. The lowest BCUT2D eigenvalue weighted by Gasteiger charge is -2.20. The van der Waals surface area contributed by atoms with E-state index in [1.807, 2.05) is 67.6 Å². The summed E-state index contributed by atoms with van der Waals surface area (Å²) in [5.74, 6) is -0.364. The molecule has 0 bridgehead atoms. The summed E-state index contributed by atoms with van der Waals surface area (Å²) in [6.45, 7) is 8.01. The van der Waals surface area contributed by atoms with Gasteiger partial charge in [-0.25, -0.2) is 0 Å². The highest BCUT2D eigenvalue weighted by Gasteiger charge is 2.13. The third-order valence-electron chi connectivity index (χ3n) is 4.34. The first-order valence-corrected chi connectivity index (χ1v) is 8.91. The molecule has 4 heteroatoms. The topological polar surface area (TPSA) is 56.1 Å². The van der Waals surface area contributed by atoms with Crippen molar-refractivity contribution in [3.8, 4) is 6.07 Å². The molecule has 0 aliphatic heterocycles. The van der Waals surface area contributed by atoms with Crippen LogP contribution >= 0.6 is 0 Å². The maximum atomic E-state index is 12.4. The molecule has 134 valence electrons. The molecule has 0 saturated carbocycles. The van der Waals surface area contributed by atoms with Gasteiger partial charge in [-0.15, -0.1) is 0 Å². The molecule has 0 aromatic heterocycles. The molecule has 0 unspecified atom stereocenters. The zero-order valence-electron chi connectivity index (χ0n) is 15.6. The van der Waals surface area contributed by atoms with Crippen molar-refractivity contribution in [1.82, 2.24) is 5.32 Å². The number of carbonyl (C=O) groups is 1. The van der Waals surface area contributed by atoms with E-state index in [1.54, 1.807) is 6.08 Å². The van der Waals surface area contributed by atoms with Crippen molar-refractivity contribution >= 4 is 17.7 Å². The average Bonchev–Trinajstić information content (AvgIpc) is 2.68. The van der Waals surface area contributed by atoms with Crippen LogP contribution in [0.25, 0.3) is 6.08 Å². The van der Waals surface area contributed by atoms with Crippen LogP contribution in [-0.4, -0.2) is 19.0 Å². The van der Waals surface area contributed by atoms with Crippen molar-refractivity contribution in [2.45, 2.75) is 26.8 Å². The molecule has 2 rings (SSSR count). The predicted octanol–water partition coefficient (Wildman–Crippen LogP) is 4.32. The van der Waals surface area contributed by atoms with E-state index in [0.29, 0.717) is 0 Å². The highest BCUT2D eigenvalue weighted by molar-refractivity contribution is 6.01. The first-order valence-electron chi connectivity index (χ1n) is 8.91. The monoisotopic (exact) mass is 347 g/mol. The molecular weight excluding hydrogens is 322 g/mol. The second-order valence-electron chi connectivity index (χ2n) is 6.04. The van der Waals surface area contributed by atoms with Crippen LogP contribution in [0.3, 0.4) is 0 Å². The fourth-order valence-electron chi connectivity index (χ4n) is 2.78. The van der Waals surface area contributed by atoms with Gasteiger partial charge in [0, 0.05) is 18.8 Å². The maximum Gasteiger partial charge on any atom is 0.262 e. The van der Waals surface area contributed by atoms with Crippen LogP contribution in [0.15, 0.2) is 60.2 Å². The Morgan fingerprint density at radius 1 is 1.12 bits per heavy atom. The smallest absolute Gasteiger partial charge is 0.262 e. The van der Waals surface area contributed by atoms with Gasteiger partial charge in [0.1, 0.15) is 11.6 Å². The van der Waals surface area contributed by atoms with Gasteiger partial charge >= 0.3 is 0 Å². The largest absolute Gasteiger partial charge is 0.372 e. The lowest BCUT2D eigenvalue weighted by molar-refractivity contribution is -0.117. The van der Waals surface area contributed by atoms with Gasteiger partial charge in [-0.2, -0.15) is 5.26 Å². The minimum atomic E-state index is -0.364. The maximum absolute atomic E-state index is 12.4. The Morgan fingerprint density at radius 3 is 2.27 bits per heavy atom. The van der Waals surface area contributed by atoms with E-state index in [2.05, 4.69) is 24.1 Å². The first kappa shape index (κ1) is 19.3. The number of hydrogen-bond acceptors (Lipinski definition) is 3. The molecule has 1 atom stereocenters. The molecule has 0 radical (unpaired) electrons. The van der Waals surface area contributed by atoms with Crippen LogP contribution in [0, 0.1) is 11.3 Å². The van der Waals surface area contributed by atoms with Gasteiger partial charge in [0.25, 0.3) is 5.91 Å². The van der Waals surface area contributed by atoms with Crippen LogP contribution in [0.2, 0.25) is 0 Å². The second kappa shape index (κ2) is 9.43. The normalized spacial score (nSPS) is 12.2. The number of hydrogen-bond donors (Lipinski definition) is 1. The van der Waals surface area contributed by atoms with Crippen molar-refractivity contribution in [3.05, 3.63) is 71.3 Å². The van der Waals surface area contributed by atoms with Crippen LogP contribution in [0.1, 0.15) is 37.9 Å². The Kier molecular flexibility index (Phi) is 6.99. The van der Waals surface area contributed by atoms with E-state index >= 15 is 0 Å². The molecule has 2 aromatic carbocycles.